The van der Waals surface area contributed by atoms with Crippen LogP contribution in [0, 0.1) is 5.41 Å². The fourth-order valence-corrected chi connectivity index (χ4v) is 6.37. The van der Waals surface area contributed by atoms with Crippen molar-refractivity contribution in [3.05, 3.63) is 93.4 Å². The first kappa shape index (κ1) is 18.8. The van der Waals surface area contributed by atoms with Crippen LogP contribution in [-0.2, 0) is 5.75 Å². The Balaban J connectivity index is 1.63. The molecule has 1 atom stereocenters. The molecule has 156 valence electrons. The summed E-state index contributed by atoms with van der Waals surface area (Å²) in [6.07, 6.45) is 4.21. The maximum absolute atomic E-state index is 13.4. The van der Waals surface area contributed by atoms with Gasteiger partial charge in [0.25, 0.3) is 0 Å². The number of hydrogen-bond acceptors (Lipinski definition) is 5. The van der Waals surface area contributed by atoms with Gasteiger partial charge in [-0.3, -0.25) is 19.3 Å². The minimum Gasteiger partial charge on any atom is -0.503 e. The molecular formula is C25H22N2O3S. The van der Waals surface area contributed by atoms with Gasteiger partial charge < -0.3 is 5.11 Å². The SMILES string of the molecule is O=C1c2c(O)c(=O)ccn2N(C2c3ccccc3CSc3ccccc32)CC12CCC2. The summed E-state index contributed by atoms with van der Waals surface area (Å²) in [4.78, 5) is 26.9. The van der Waals surface area contributed by atoms with E-state index in [1.807, 2.05) is 11.8 Å². The van der Waals surface area contributed by atoms with Crippen molar-refractivity contribution in [2.45, 2.75) is 36.0 Å². The topological polar surface area (TPSA) is 62.5 Å². The fourth-order valence-electron chi connectivity index (χ4n) is 5.27. The quantitative estimate of drug-likeness (QED) is 0.625. The summed E-state index contributed by atoms with van der Waals surface area (Å²) in [5, 5.41) is 12.8. The van der Waals surface area contributed by atoms with Gasteiger partial charge in [0.05, 0.1) is 11.5 Å². The molecule has 3 aromatic rings. The maximum atomic E-state index is 13.4. The molecule has 0 radical (unpaired) electrons. The molecule has 1 spiro atoms. The number of pyridine rings is 1. The lowest BCUT2D eigenvalue weighted by molar-refractivity contribution is 0.0537. The summed E-state index contributed by atoms with van der Waals surface area (Å²) in [5.74, 6) is 0.340. The number of aromatic hydroxyl groups is 1. The van der Waals surface area contributed by atoms with Crippen molar-refractivity contribution < 1.29 is 9.90 Å². The molecule has 0 bridgehead atoms. The Kier molecular flexibility index (Phi) is 4.09. The second-order valence-corrected chi connectivity index (χ2v) is 9.73. The number of fused-ring (bicyclic) bond motifs is 3. The highest BCUT2D eigenvalue weighted by atomic mass is 32.2. The van der Waals surface area contributed by atoms with E-state index in [1.165, 1.54) is 27.7 Å². The number of aromatic nitrogens is 1. The summed E-state index contributed by atoms with van der Waals surface area (Å²) in [6.45, 7) is 0.569. The zero-order valence-electron chi connectivity index (χ0n) is 17.0. The molecule has 1 fully saturated rings. The van der Waals surface area contributed by atoms with Crippen LogP contribution in [0.1, 0.15) is 52.5 Å². The van der Waals surface area contributed by atoms with Gasteiger partial charge >= 0.3 is 0 Å². The lowest BCUT2D eigenvalue weighted by Gasteiger charge is -2.51. The molecule has 5 nitrogen and oxygen atoms in total. The van der Waals surface area contributed by atoms with E-state index in [0.717, 1.165) is 25.0 Å². The van der Waals surface area contributed by atoms with Crippen molar-refractivity contribution in [3.8, 4) is 5.75 Å². The van der Waals surface area contributed by atoms with Gasteiger partial charge in [-0.1, -0.05) is 48.9 Å². The van der Waals surface area contributed by atoms with Gasteiger partial charge in [-0.05, 0) is 35.6 Å². The molecule has 1 aromatic heterocycles. The van der Waals surface area contributed by atoms with Gasteiger partial charge in [-0.15, -0.1) is 11.8 Å². The number of rotatable bonds is 1. The first-order valence-corrected chi connectivity index (χ1v) is 11.6. The molecule has 3 heterocycles. The smallest absolute Gasteiger partial charge is 0.224 e. The van der Waals surface area contributed by atoms with Gasteiger partial charge in [0.2, 0.25) is 5.43 Å². The van der Waals surface area contributed by atoms with E-state index >= 15 is 0 Å². The lowest BCUT2D eigenvalue weighted by atomic mass is 9.64. The van der Waals surface area contributed by atoms with E-state index in [9.17, 15) is 14.7 Å². The number of ketones is 1. The first-order valence-electron chi connectivity index (χ1n) is 10.6. The van der Waals surface area contributed by atoms with Gasteiger partial charge in [0.15, 0.2) is 17.2 Å². The van der Waals surface area contributed by atoms with Crippen LogP contribution in [-0.4, -0.2) is 22.1 Å². The van der Waals surface area contributed by atoms with Crippen LogP contribution in [0.3, 0.4) is 0 Å². The molecule has 1 saturated carbocycles. The monoisotopic (exact) mass is 430 g/mol. The third kappa shape index (κ3) is 2.64. The zero-order valence-corrected chi connectivity index (χ0v) is 17.8. The predicted molar refractivity (Wildman–Crippen MR) is 120 cm³/mol. The van der Waals surface area contributed by atoms with Crippen molar-refractivity contribution in [3.63, 3.8) is 0 Å². The molecule has 1 unspecified atom stereocenters. The average molecular weight is 431 g/mol. The molecule has 6 heteroatoms. The van der Waals surface area contributed by atoms with Crippen LogP contribution in [0.25, 0.3) is 0 Å². The number of carbonyl (C=O) groups excluding carboxylic acids is 1. The third-order valence-electron chi connectivity index (χ3n) is 7.05. The highest BCUT2D eigenvalue weighted by molar-refractivity contribution is 7.98. The zero-order chi connectivity index (χ0) is 21.2. The van der Waals surface area contributed by atoms with Gasteiger partial charge in [-0.25, -0.2) is 0 Å². The van der Waals surface area contributed by atoms with Crippen LogP contribution in [0.2, 0.25) is 0 Å². The van der Waals surface area contributed by atoms with E-state index in [2.05, 4.69) is 53.5 Å². The van der Waals surface area contributed by atoms with Crippen molar-refractivity contribution in [1.29, 1.82) is 0 Å². The van der Waals surface area contributed by atoms with Crippen LogP contribution in [0.5, 0.6) is 5.75 Å². The van der Waals surface area contributed by atoms with E-state index in [0.29, 0.717) is 6.54 Å². The Morgan fingerprint density at radius 1 is 0.968 bits per heavy atom. The summed E-state index contributed by atoms with van der Waals surface area (Å²) >= 11 is 1.82. The number of benzene rings is 2. The number of Topliss-reactive ketones (excluding diaryl/α,β-unsaturated/α-hetero) is 1. The summed E-state index contributed by atoms with van der Waals surface area (Å²) in [7, 11) is 0. The molecule has 6 rings (SSSR count). The molecular weight excluding hydrogens is 408 g/mol. The van der Waals surface area contributed by atoms with E-state index in [-0.39, 0.29) is 17.5 Å². The predicted octanol–water partition coefficient (Wildman–Crippen LogP) is 4.25. The second-order valence-electron chi connectivity index (χ2n) is 8.71. The first-order chi connectivity index (χ1) is 15.1. The van der Waals surface area contributed by atoms with Crippen molar-refractivity contribution in [2.75, 3.05) is 11.6 Å². The average Bonchev–Trinajstić information content (AvgIpc) is 2.92. The van der Waals surface area contributed by atoms with Gasteiger partial charge in [0, 0.05) is 29.5 Å². The summed E-state index contributed by atoms with van der Waals surface area (Å²) in [5.41, 5.74) is 2.74. The highest BCUT2D eigenvalue weighted by Gasteiger charge is 2.52. The van der Waals surface area contributed by atoms with Crippen molar-refractivity contribution in [1.82, 2.24) is 4.68 Å². The standard InChI is InChI=1S/C25H22N2O3S/c28-19-10-13-26-22(23(19)29)24(30)25(11-5-12-25)15-27(26)21-17-7-2-1-6-16(17)14-31-20-9-4-3-8-18(20)21/h1-4,6-10,13,21,29H,5,11-12,14-15H2. The fraction of sp³-hybridized carbons (Fsp3) is 0.280. The van der Waals surface area contributed by atoms with Crippen LogP contribution < -0.4 is 10.4 Å². The van der Waals surface area contributed by atoms with Gasteiger partial charge in [0.1, 0.15) is 0 Å². The number of nitrogens with zero attached hydrogens (tertiary/aromatic N) is 2. The van der Waals surface area contributed by atoms with Crippen LogP contribution in [0.4, 0.5) is 0 Å². The minimum absolute atomic E-state index is 0.102. The van der Waals surface area contributed by atoms with E-state index in [1.54, 1.807) is 10.9 Å². The Morgan fingerprint density at radius 3 is 2.48 bits per heavy atom. The maximum Gasteiger partial charge on any atom is 0.224 e. The Labute approximate surface area is 184 Å². The Bertz CT molecular complexity index is 1230. The number of hydrogen-bond donors (Lipinski definition) is 1. The largest absolute Gasteiger partial charge is 0.503 e. The van der Waals surface area contributed by atoms with Crippen LogP contribution >= 0.6 is 11.8 Å². The lowest BCUT2D eigenvalue weighted by Crippen LogP contribution is -2.58. The van der Waals surface area contributed by atoms with E-state index < -0.39 is 16.6 Å². The molecule has 0 amide bonds. The summed E-state index contributed by atoms with van der Waals surface area (Å²) in [6, 6.07) is 18.1. The number of thioether (sulfide) groups is 1. The minimum atomic E-state index is -0.533. The second kappa shape index (κ2) is 6.76. The molecule has 31 heavy (non-hydrogen) atoms. The highest BCUT2D eigenvalue weighted by Crippen LogP contribution is 2.50. The summed E-state index contributed by atoms with van der Waals surface area (Å²) < 4.78 is 1.73. The van der Waals surface area contributed by atoms with E-state index in [4.69, 9.17) is 0 Å². The molecule has 2 aromatic carbocycles. The van der Waals surface area contributed by atoms with Crippen LogP contribution in [0.15, 0.2) is 70.5 Å². The van der Waals surface area contributed by atoms with Crippen molar-refractivity contribution >= 4 is 17.5 Å². The van der Waals surface area contributed by atoms with Gasteiger partial charge in [-0.2, -0.15) is 0 Å². The third-order valence-corrected chi connectivity index (χ3v) is 8.19. The molecule has 1 aliphatic carbocycles. The molecule has 3 aliphatic rings. The molecule has 1 N–H and O–H groups in total. The molecule has 0 saturated heterocycles. The molecule has 2 aliphatic heterocycles. The number of carbonyl (C=O) groups is 1. The Hall–Kier alpha value is -2.99. The normalized spacial score (nSPS) is 21.0. The van der Waals surface area contributed by atoms with Crippen molar-refractivity contribution in [2.24, 2.45) is 5.41 Å². The Morgan fingerprint density at radius 2 is 1.71 bits per heavy atom.